The van der Waals surface area contributed by atoms with E-state index in [0.29, 0.717) is 0 Å². The molecule has 0 aliphatic rings. The Labute approximate surface area is 79.4 Å². The van der Waals surface area contributed by atoms with Gasteiger partial charge in [0.05, 0.1) is 13.5 Å². The summed E-state index contributed by atoms with van der Waals surface area (Å²) in [6.45, 7) is 7.16. The highest BCUT2D eigenvalue weighted by atomic mass is 16.5. The number of hydroxylamine groups is 2. The number of ether oxygens (including phenoxy) is 1. The summed E-state index contributed by atoms with van der Waals surface area (Å²) in [5.74, 6) is -0.349. The van der Waals surface area contributed by atoms with E-state index >= 15 is 0 Å². The van der Waals surface area contributed by atoms with Crippen molar-refractivity contribution in [2.75, 3.05) is 7.11 Å². The smallest absolute Gasteiger partial charge is 0.307 e. The molecule has 0 fully saturated rings. The molecule has 0 N–H and O–H groups in total. The Kier molecular flexibility index (Phi) is 4.36. The Balaban J connectivity index is 4.11. The number of hydrogen-bond acceptors (Lipinski definition) is 3. The first kappa shape index (κ1) is 12.4. The van der Waals surface area contributed by atoms with Crippen LogP contribution < -0.4 is 0 Å². The highest BCUT2D eigenvalue weighted by molar-refractivity contribution is 5.69. The zero-order chi connectivity index (χ0) is 10.6. The second kappa shape index (κ2) is 4.58. The molecule has 0 aromatic heterocycles. The first-order valence-electron chi connectivity index (χ1n) is 4.32. The quantitative estimate of drug-likeness (QED) is 0.496. The molecule has 0 aromatic carbocycles. The summed E-state index contributed by atoms with van der Waals surface area (Å²) in [6, 6.07) is -0.340. The molecule has 0 heterocycles. The van der Waals surface area contributed by atoms with Crippen molar-refractivity contribution in [1.29, 1.82) is 0 Å². The molecule has 1 radical (unpaired) electrons. The number of esters is 1. The number of carbonyl (C=O) groups is 1. The van der Waals surface area contributed by atoms with Gasteiger partial charge in [0.25, 0.3) is 0 Å². The molecule has 0 amide bonds. The molecule has 0 saturated heterocycles. The molecule has 0 saturated carbocycles. The second-order valence-corrected chi connectivity index (χ2v) is 4.13. The lowest BCUT2D eigenvalue weighted by atomic mass is 10.1. The van der Waals surface area contributed by atoms with Gasteiger partial charge in [0.2, 0.25) is 0 Å². The zero-order valence-electron chi connectivity index (χ0n) is 8.96. The van der Waals surface area contributed by atoms with E-state index in [1.807, 2.05) is 20.8 Å². The summed E-state index contributed by atoms with van der Waals surface area (Å²) in [5.41, 5.74) is -0.465. The summed E-state index contributed by atoms with van der Waals surface area (Å²) >= 11 is 0. The fourth-order valence-corrected chi connectivity index (χ4v) is 1.07. The summed E-state index contributed by atoms with van der Waals surface area (Å²) in [6.07, 6.45) is 0.136. The third-order valence-electron chi connectivity index (χ3n) is 1.75. The van der Waals surface area contributed by atoms with E-state index in [0.717, 1.165) is 5.06 Å². The molecule has 0 bridgehead atoms. The van der Waals surface area contributed by atoms with E-state index in [9.17, 15) is 10.0 Å². The topological polar surface area (TPSA) is 49.4 Å². The molecule has 0 aliphatic heterocycles. The Hall–Kier alpha value is -0.610. The number of methoxy groups -OCH3 is 1. The van der Waals surface area contributed by atoms with Crippen LogP contribution >= 0.6 is 0 Å². The first-order valence-corrected chi connectivity index (χ1v) is 4.32. The van der Waals surface area contributed by atoms with Gasteiger partial charge in [-0.3, -0.25) is 4.79 Å². The Morgan fingerprint density at radius 3 is 2.23 bits per heavy atom. The Morgan fingerprint density at radius 1 is 1.46 bits per heavy atom. The van der Waals surface area contributed by atoms with Crippen LogP contribution in [-0.2, 0) is 14.7 Å². The van der Waals surface area contributed by atoms with E-state index in [2.05, 4.69) is 4.74 Å². The lowest BCUT2D eigenvalue weighted by Crippen LogP contribution is -2.44. The van der Waals surface area contributed by atoms with Crippen LogP contribution in [0.3, 0.4) is 0 Å². The summed E-state index contributed by atoms with van der Waals surface area (Å²) in [5, 5.41) is 12.4. The van der Waals surface area contributed by atoms with E-state index in [-0.39, 0.29) is 18.4 Å². The van der Waals surface area contributed by atoms with Crippen molar-refractivity contribution in [2.45, 2.75) is 45.7 Å². The van der Waals surface area contributed by atoms with Gasteiger partial charge in [0, 0.05) is 11.6 Å². The Bertz CT molecular complexity index is 174. The monoisotopic (exact) mass is 188 g/mol. The zero-order valence-corrected chi connectivity index (χ0v) is 8.96. The lowest BCUT2D eigenvalue weighted by molar-refractivity contribution is -0.237. The minimum Gasteiger partial charge on any atom is -0.469 e. The van der Waals surface area contributed by atoms with E-state index in [4.69, 9.17) is 0 Å². The lowest BCUT2D eigenvalue weighted by Gasteiger charge is -2.31. The molecule has 0 aromatic rings. The van der Waals surface area contributed by atoms with Crippen LogP contribution in [0.1, 0.15) is 34.1 Å². The average Bonchev–Trinajstić information content (AvgIpc) is 2.01. The van der Waals surface area contributed by atoms with Gasteiger partial charge in [-0.15, -0.1) is 10.3 Å². The highest BCUT2D eigenvalue weighted by Gasteiger charge is 2.27. The van der Waals surface area contributed by atoms with Gasteiger partial charge in [0.15, 0.2) is 0 Å². The fourth-order valence-electron chi connectivity index (χ4n) is 1.07. The molecular weight excluding hydrogens is 170 g/mol. The molecule has 77 valence electrons. The minimum absolute atomic E-state index is 0.136. The molecule has 0 spiro atoms. The number of hydrogen-bond donors (Lipinski definition) is 0. The Morgan fingerprint density at radius 2 is 1.92 bits per heavy atom. The normalized spacial score (nSPS) is 14.4. The van der Waals surface area contributed by atoms with Crippen molar-refractivity contribution in [3.63, 3.8) is 0 Å². The van der Waals surface area contributed by atoms with Crippen LogP contribution in [0.25, 0.3) is 0 Å². The SMILES string of the molecule is COC(=O)CC(C)N([O])C(C)(C)C. The van der Waals surface area contributed by atoms with Crippen LogP contribution in [0.4, 0.5) is 0 Å². The standard InChI is InChI=1S/C9H18NO3/c1-7(6-8(11)13-5)10(12)9(2,3)4/h7H,6H2,1-5H3. The molecule has 13 heavy (non-hydrogen) atoms. The molecule has 4 heteroatoms. The van der Waals surface area contributed by atoms with Crippen molar-refractivity contribution >= 4 is 5.97 Å². The van der Waals surface area contributed by atoms with E-state index < -0.39 is 5.54 Å². The van der Waals surface area contributed by atoms with Gasteiger partial charge in [-0.2, -0.15) is 0 Å². The van der Waals surface area contributed by atoms with Gasteiger partial charge in [-0.25, -0.2) is 0 Å². The molecule has 4 nitrogen and oxygen atoms in total. The van der Waals surface area contributed by atoms with Gasteiger partial charge < -0.3 is 4.74 Å². The van der Waals surface area contributed by atoms with Gasteiger partial charge in [-0.1, -0.05) is 0 Å². The summed E-state index contributed by atoms with van der Waals surface area (Å²) < 4.78 is 4.48. The summed E-state index contributed by atoms with van der Waals surface area (Å²) in [4.78, 5) is 10.9. The number of rotatable bonds is 3. The number of nitrogens with zero attached hydrogens (tertiary/aromatic N) is 1. The third-order valence-corrected chi connectivity index (χ3v) is 1.75. The largest absolute Gasteiger partial charge is 0.469 e. The molecular formula is C9H18NO3. The predicted octanol–water partition coefficient (Wildman–Crippen LogP) is 1.38. The van der Waals surface area contributed by atoms with Crippen molar-refractivity contribution < 1.29 is 14.7 Å². The van der Waals surface area contributed by atoms with Gasteiger partial charge in [-0.05, 0) is 27.7 Å². The van der Waals surface area contributed by atoms with Crippen molar-refractivity contribution in [1.82, 2.24) is 5.06 Å². The third kappa shape index (κ3) is 4.24. The summed E-state index contributed by atoms with van der Waals surface area (Å²) in [7, 11) is 1.32. The molecule has 0 aliphatic carbocycles. The van der Waals surface area contributed by atoms with Crippen molar-refractivity contribution in [2.24, 2.45) is 0 Å². The van der Waals surface area contributed by atoms with E-state index in [1.165, 1.54) is 7.11 Å². The predicted molar refractivity (Wildman–Crippen MR) is 48.4 cm³/mol. The fraction of sp³-hybridized carbons (Fsp3) is 0.889. The maximum atomic E-state index is 11.5. The van der Waals surface area contributed by atoms with E-state index in [1.54, 1.807) is 6.92 Å². The van der Waals surface area contributed by atoms with Crippen LogP contribution in [0.5, 0.6) is 0 Å². The minimum atomic E-state index is -0.465. The molecule has 0 rings (SSSR count). The number of carbonyl (C=O) groups excluding carboxylic acids is 1. The van der Waals surface area contributed by atoms with Crippen LogP contribution in [0.15, 0.2) is 0 Å². The van der Waals surface area contributed by atoms with Gasteiger partial charge in [0.1, 0.15) is 0 Å². The van der Waals surface area contributed by atoms with Crippen molar-refractivity contribution in [3.8, 4) is 0 Å². The van der Waals surface area contributed by atoms with Crippen LogP contribution in [-0.4, -0.2) is 29.7 Å². The average molecular weight is 188 g/mol. The maximum absolute atomic E-state index is 11.5. The molecule has 1 unspecified atom stereocenters. The van der Waals surface area contributed by atoms with Crippen molar-refractivity contribution in [3.05, 3.63) is 0 Å². The first-order chi connectivity index (χ1) is 5.79. The van der Waals surface area contributed by atoms with Gasteiger partial charge >= 0.3 is 5.97 Å². The maximum Gasteiger partial charge on any atom is 0.307 e. The molecule has 1 atom stereocenters. The highest BCUT2D eigenvalue weighted by Crippen LogP contribution is 2.16. The van der Waals surface area contributed by atoms with Crippen LogP contribution in [0.2, 0.25) is 0 Å². The second-order valence-electron chi connectivity index (χ2n) is 4.13. The van der Waals surface area contributed by atoms with Crippen LogP contribution in [0, 0.1) is 0 Å².